The highest BCUT2D eigenvalue weighted by molar-refractivity contribution is 8.23. The fourth-order valence-corrected chi connectivity index (χ4v) is 3.59. The third kappa shape index (κ3) is 4.27. The van der Waals surface area contributed by atoms with Crippen LogP contribution in [-0.4, -0.2) is 9.30 Å². The Balaban J connectivity index is 1.64. The van der Waals surface area contributed by atoms with Crippen molar-refractivity contribution in [3.8, 4) is 22.6 Å². The molecule has 0 amide bonds. The zero-order valence-corrected chi connectivity index (χ0v) is 16.0. The van der Waals surface area contributed by atoms with Gasteiger partial charge in [0.25, 0.3) is 5.22 Å². The Labute approximate surface area is 167 Å². The molecule has 0 radical (unpaired) electrons. The highest BCUT2D eigenvalue weighted by Crippen LogP contribution is 2.35. The van der Waals surface area contributed by atoms with Gasteiger partial charge in [0.05, 0.1) is 0 Å². The molecule has 0 aliphatic carbocycles. The molecule has 1 heterocycles. The van der Waals surface area contributed by atoms with Gasteiger partial charge in [-0.1, -0.05) is 91.1 Å². The van der Waals surface area contributed by atoms with Crippen LogP contribution in [0.3, 0.4) is 0 Å². The SMILES string of the molecule is S=C(Nc1ccccc1)Sc1nc(-c2ccccc2)c(-c2ccccc2)o1. The number of thiocarbonyl (C=S) groups is 1. The van der Waals surface area contributed by atoms with Gasteiger partial charge in [-0.05, 0) is 23.9 Å². The van der Waals surface area contributed by atoms with Gasteiger partial charge in [-0.25, -0.2) is 4.98 Å². The second kappa shape index (κ2) is 8.20. The maximum absolute atomic E-state index is 6.09. The fraction of sp³-hybridized carbons (Fsp3) is 0. The van der Waals surface area contributed by atoms with E-state index in [0.29, 0.717) is 9.54 Å². The number of benzene rings is 3. The van der Waals surface area contributed by atoms with Crippen molar-refractivity contribution in [2.24, 2.45) is 0 Å². The molecule has 1 N–H and O–H groups in total. The van der Waals surface area contributed by atoms with Gasteiger partial charge >= 0.3 is 0 Å². The lowest BCUT2D eigenvalue weighted by Gasteiger charge is -2.04. The second-order valence-corrected chi connectivity index (χ2v) is 7.40. The first-order chi connectivity index (χ1) is 13.3. The molecule has 0 unspecified atom stereocenters. The topological polar surface area (TPSA) is 38.1 Å². The van der Waals surface area contributed by atoms with E-state index in [2.05, 4.69) is 5.32 Å². The Morgan fingerprint density at radius 1 is 0.778 bits per heavy atom. The van der Waals surface area contributed by atoms with E-state index in [1.54, 1.807) is 0 Å². The van der Waals surface area contributed by atoms with Crippen molar-refractivity contribution in [1.29, 1.82) is 0 Å². The molecule has 0 spiro atoms. The predicted octanol–water partition coefficient (Wildman–Crippen LogP) is 6.50. The molecule has 4 aromatic rings. The smallest absolute Gasteiger partial charge is 0.263 e. The van der Waals surface area contributed by atoms with Crippen LogP contribution in [0.25, 0.3) is 22.6 Å². The molecule has 132 valence electrons. The number of anilines is 1. The highest BCUT2D eigenvalue weighted by Gasteiger charge is 2.18. The van der Waals surface area contributed by atoms with Gasteiger partial charge in [-0.15, -0.1) is 0 Å². The van der Waals surface area contributed by atoms with Crippen molar-refractivity contribution in [3.05, 3.63) is 91.0 Å². The summed E-state index contributed by atoms with van der Waals surface area (Å²) in [6.45, 7) is 0. The van der Waals surface area contributed by atoms with Crippen LogP contribution >= 0.6 is 24.0 Å². The minimum absolute atomic E-state index is 0.515. The number of oxazole rings is 1. The molecule has 3 aromatic carbocycles. The molecule has 0 bridgehead atoms. The minimum atomic E-state index is 0.515. The summed E-state index contributed by atoms with van der Waals surface area (Å²) in [5.74, 6) is 0.742. The average Bonchev–Trinajstić information content (AvgIpc) is 3.14. The van der Waals surface area contributed by atoms with Crippen LogP contribution < -0.4 is 5.32 Å². The van der Waals surface area contributed by atoms with E-state index in [1.807, 2.05) is 91.0 Å². The van der Waals surface area contributed by atoms with Crippen molar-refractivity contribution >= 4 is 34.0 Å². The molecule has 1 aromatic heterocycles. The summed E-state index contributed by atoms with van der Waals surface area (Å²) in [5.41, 5.74) is 3.74. The molecule has 27 heavy (non-hydrogen) atoms. The van der Waals surface area contributed by atoms with Crippen molar-refractivity contribution in [2.45, 2.75) is 5.22 Å². The Morgan fingerprint density at radius 2 is 1.33 bits per heavy atom. The van der Waals surface area contributed by atoms with Gasteiger partial charge in [-0.3, -0.25) is 0 Å². The first-order valence-corrected chi connectivity index (χ1v) is 9.67. The van der Waals surface area contributed by atoms with Gasteiger partial charge in [0.15, 0.2) is 5.76 Å². The van der Waals surface area contributed by atoms with Crippen molar-refractivity contribution in [2.75, 3.05) is 5.32 Å². The minimum Gasteiger partial charge on any atom is -0.430 e. The van der Waals surface area contributed by atoms with Crippen LogP contribution in [0.4, 0.5) is 5.69 Å². The van der Waals surface area contributed by atoms with E-state index in [0.717, 1.165) is 28.3 Å². The van der Waals surface area contributed by atoms with E-state index >= 15 is 0 Å². The largest absolute Gasteiger partial charge is 0.430 e. The molecule has 3 nitrogen and oxygen atoms in total. The number of aromatic nitrogens is 1. The maximum atomic E-state index is 6.09. The second-order valence-electron chi connectivity index (χ2n) is 5.77. The van der Waals surface area contributed by atoms with Crippen LogP contribution in [0.1, 0.15) is 0 Å². The van der Waals surface area contributed by atoms with E-state index in [9.17, 15) is 0 Å². The van der Waals surface area contributed by atoms with Gasteiger partial charge in [0.2, 0.25) is 0 Å². The number of thioether (sulfide) groups is 1. The van der Waals surface area contributed by atoms with Gasteiger partial charge in [0, 0.05) is 16.8 Å². The molecule has 0 aliphatic rings. The van der Waals surface area contributed by atoms with Gasteiger partial charge in [-0.2, -0.15) is 0 Å². The van der Waals surface area contributed by atoms with Crippen LogP contribution in [-0.2, 0) is 0 Å². The van der Waals surface area contributed by atoms with Crippen molar-refractivity contribution in [3.63, 3.8) is 0 Å². The summed E-state index contributed by atoms with van der Waals surface area (Å²) in [7, 11) is 0. The number of hydrogen-bond donors (Lipinski definition) is 1. The summed E-state index contributed by atoms with van der Waals surface area (Å²) in [6, 6.07) is 29.8. The fourth-order valence-electron chi connectivity index (χ4n) is 2.67. The Hall–Kier alpha value is -2.89. The van der Waals surface area contributed by atoms with E-state index in [1.165, 1.54) is 11.8 Å². The Morgan fingerprint density at radius 3 is 1.96 bits per heavy atom. The quantitative estimate of drug-likeness (QED) is 0.319. The monoisotopic (exact) mass is 388 g/mol. The molecule has 4 rings (SSSR count). The zero-order chi connectivity index (χ0) is 18.5. The number of hydrogen-bond acceptors (Lipinski definition) is 4. The molecule has 0 saturated heterocycles. The first kappa shape index (κ1) is 17.5. The molecule has 0 aliphatic heterocycles. The third-order valence-electron chi connectivity index (χ3n) is 3.89. The van der Waals surface area contributed by atoms with Gasteiger partial charge in [0.1, 0.15) is 10.0 Å². The molecule has 5 heteroatoms. The van der Waals surface area contributed by atoms with Crippen LogP contribution in [0.5, 0.6) is 0 Å². The van der Waals surface area contributed by atoms with Gasteiger partial charge < -0.3 is 9.73 Å². The average molecular weight is 389 g/mol. The summed E-state index contributed by atoms with van der Waals surface area (Å²) in [4.78, 5) is 4.71. The lowest BCUT2D eigenvalue weighted by Crippen LogP contribution is -2.03. The van der Waals surface area contributed by atoms with Crippen molar-refractivity contribution in [1.82, 2.24) is 4.98 Å². The lowest BCUT2D eigenvalue weighted by molar-refractivity contribution is 0.467. The molecule has 0 saturated carbocycles. The van der Waals surface area contributed by atoms with Crippen LogP contribution in [0.15, 0.2) is 101 Å². The lowest BCUT2D eigenvalue weighted by atomic mass is 10.1. The Bertz CT molecular complexity index is 975. The summed E-state index contributed by atoms with van der Waals surface area (Å²) in [5, 5.41) is 3.71. The van der Waals surface area contributed by atoms with E-state index in [4.69, 9.17) is 21.6 Å². The number of para-hydroxylation sites is 1. The zero-order valence-electron chi connectivity index (χ0n) is 14.3. The predicted molar refractivity (Wildman–Crippen MR) is 116 cm³/mol. The number of nitrogens with zero attached hydrogens (tertiary/aromatic N) is 1. The Kier molecular flexibility index (Phi) is 5.32. The maximum Gasteiger partial charge on any atom is 0.263 e. The standard InChI is InChI=1S/C22H16N2OS2/c26-22(23-18-14-8-3-9-15-18)27-21-24-19(16-10-4-1-5-11-16)20(25-21)17-12-6-2-7-13-17/h1-15H,(H,23,26). The van der Waals surface area contributed by atoms with Crippen LogP contribution in [0.2, 0.25) is 0 Å². The van der Waals surface area contributed by atoms with E-state index < -0.39 is 0 Å². The molecule has 0 fully saturated rings. The number of rotatable bonds is 4. The summed E-state index contributed by atoms with van der Waals surface area (Å²) in [6.07, 6.45) is 0. The van der Waals surface area contributed by atoms with E-state index in [-0.39, 0.29) is 0 Å². The first-order valence-electron chi connectivity index (χ1n) is 8.45. The van der Waals surface area contributed by atoms with Crippen molar-refractivity contribution < 1.29 is 4.42 Å². The summed E-state index contributed by atoms with van der Waals surface area (Å²) >= 11 is 6.76. The molecular weight excluding hydrogens is 372 g/mol. The third-order valence-corrected chi connectivity index (χ3v) is 4.88. The summed E-state index contributed by atoms with van der Waals surface area (Å²) < 4.78 is 6.67. The molecular formula is C22H16N2OS2. The van der Waals surface area contributed by atoms with Crippen LogP contribution in [0, 0.1) is 0 Å². The number of nitrogens with one attached hydrogen (secondary N) is 1. The molecule has 0 atom stereocenters. The highest BCUT2D eigenvalue weighted by atomic mass is 32.2. The normalized spacial score (nSPS) is 10.5.